The molecule has 0 aliphatic carbocycles. The third-order valence-corrected chi connectivity index (χ3v) is 3.07. The average Bonchev–Trinajstić information content (AvgIpc) is 2.54. The van der Waals surface area contributed by atoms with E-state index in [-0.39, 0.29) is 13.0 Å². The van der Waals surface area contributed by atoms with Crippen LogP contribution in [0.25, 0.3) is 0 Å². The van der Waals surface area contributed by atoms with E-state index in [2.05, 4.69) is 35.5 Å². The molecule has 1 rings (SSSR count). The van der Waals surface area contributed by atoms with Crippen molar-refractivity contribution < 1.29 is 35.0 Å². The Balaban J connectivity index is 2.42. The van der Waals surface area contributed by atoms with E-state index in [0.717, 1.165) is 0 Å². The zero-order valence-corrected chi connectivity index (χ0v) is 12.6. The lowest BCUT2D eigenvalue weighted by Crippen LogP contribution is -2.59. The normalized spacial score (nSPS) is 30.8. The van der Waals surface area contributed by atoms with Gasteiger partial charge >= 0.3 is 0 Å². The summed E-state index contributed by atoms with van der Waals surface area (Å²) in [5, 5.41) is 47.6. The minimum Gasteiger partial charge on any atom is -0.394 e. The second kappa shape index (κ2) is 10.2. The van der Waals surface area contributed by atoms with Crippen LogP contribution < -0.4 is 0 Å². The Morgan fingerprint density at radius 1 is 1.04 bits per heavy atom. The molecule has 6 unspecified atom stereocenters. The highest BCUT2D eigenvalue weighted by molar-refractivity contribution is 5.35. The summed E-state index contributed by atoms with van der Waals surface area (Å²) >= 11 is 0. The lowest BCUT2D eigenvalue weighted by molar-refractivity contribution is -0.301. The molecule has 0 aromatic carbocycles. The first-order valence-corrected chi connectivity index (χ1v) is 7.03. The average molecular weight is 324 g/mol. The monoisotopic (exact) mass is 324 g/mol. The highest BCUT2D eigenvalue weighted by atomic mass is 16.7. The van der Waals surface area contributed by atoms with Crippen molar-refractivity contribution in [1.82, 2.24) is 0 Å². The van der Waals surface area contributed by atoms with Crippen LogP contribution in [-0.2, 0) is 9.47 Å². The van der Waals surface area contributed by atoms with Gasteiger partial charge < -0.3 is 35.0 Å². The van der Waals surface area contributed by atoms with Crippen molar-refractivity contribution in [3.63, 3.8) is 0 Å². The van der Waals surface area contributed by atoms with E-state index in [4.69, 9.17) is 14.6 Å². The Kier molecular flexibility index (Phi) is 8.65. The van der Waals surface area contributed by atoms with E-state index in [0.29, 0.717) is 0 Å². The minimum absolute atomic E-state index is 0.0132. The van der Waals surface area contributed by atoms with Crippen molar-refractivity contribution in [2.75, 3.05) is 13.2 Å². The van der Waals surface area contributed by atoms with Gasteiger partial charge in [-0.1, -0.05) is 11.8 Å². The molecule has 0 spiro atoms. The molecule has 6 atom stereocenters. The Morgan fingerprint density at radius 3 is 2.39 bits per heavy atom. The predicted molar refractivity (Wildman–Crippen MR) is 79.3 cm³/mol. The number of hydrogen-bond acceptors (Lipinski definition) is 7. The minimum atomic E-state index is -1.49. The molecule has 0 radical (unpaired) electrons. The van der Waals surface area contributed by atoms with E-state index in [9.17, 15) is 20.4 Å². The molecule has 1 fully saturated rings. The number of aliphatic hydroxyl groups excluding tert-OH is 5. The third kappa shape index (κ3) is 6.19. The van der Waals surface area contributed by atoms with Crippen molar-refractivity contribution >= 4 is 0 Å². The van der Waals surface area contributed by atoms with Gasteiger partial charge in [0.05, 0.1) is 13.2 Å². The first kappa shape index (κ1) is 19.4. The van der Waals surface area contributed by atoms with Crippen LogP contribution in [0.1, 0.15) is 13.3 Å². The van der Waals surface area contributed by atoms with Crippen molar-refractivity contribution in [3.05, 3.63) is 0 Å². The number of aliphatic hydroxyl groups is 5. The van der Waals surface area contributed by atoms with E-state index in [1.54, 1.807) is 6.92 Å². The molecule has 7 nitrogen and oxygen atoms in total. The second-order valence-electron chi connectivity index (χ2n) is 4.77. The van der Waals surface area contributed by atoms with Gasteiger partial charge in [-0.15, -0.1) is 0 Å². The summed E-state index contributed by atoms with van der Waals surface area (Å²) in [5.74, 6) is 14.9. The molecule has 0 aromatic rings. The maximum atomic E-state index is 9.75. The molecular formula is C16H20O7. The summed E-state index contributed by atoms with van der Waals surface area (Å²) in [6, 6.07) is 0. The van der Waals surface area contributed by atoms with Crippen molar-refractivity contribution in [3.8, 4) is 35.5 Å². The maximum Gasteiger partial charge on any atom is 0.186 e. The Labute approximate surface area is 134 Å². The fourth-order valence-electron chi connectivity index (χ4n) is 1.82. The summed E-state index contributed by atoms with van der Waals surface area (Å²) in [5.41, 5.74) is 0. The molecule has 7 heteroatoms. The SMILES string of the molecule is CC#CC#CC#CC(O)CCOC1OC(CO)C(O)C(O)C1O. The van der Waals surface area contributed by atoms with Gasteiger partial charge in [0.1, 0.15) is 30.5 Å². The third-order valence-electron chi connectivity index (χ3n) is 3.07. The van der Waals surface area contributed by atoms with Gasteiger partial charge in [0, 0.05) is 6.42 Å². The van der Waals surface area contributed by atoms with Crippen LogP contribution in [0.15, 0.2) is 0 Å². The molecule has 0 aromatic heterocycles. The van der Waals surface area contributed by atoms with Crippen molar-refractivity contribution in [2.24, 2.45) is 0 Å². The molecule has 1 saturated heterocycles. The first-order chi connectivity index (χ1) is 11.0. The summed E-state index contributed by atoms with van der Waals surface area (Å²) in [6.07, 6.45) is -7.49. The van der Waals surface area contributed by atoms with Crippen molar-refractivity contribution in [2.45, 2.75) is 50.2 Å². The first-order valence-electron chi connectivity index (χ1n) is 7.03. The van der Waals surface area contributed by atoms with Crippen LogP contribution >= 0.6 is 0 Å². The smallest absolute Gasteiger partial charge is 0.186 e. The lowest BCUT2D eigenvalue weighted by atomic mass is 9.99. The van der Waals surface area contributed by atoms with E-state index in [1.165, 1.54) is 0 Å². The molecule has 23 heavy (non-hydrogen) atoms. The number of rotatable bonds is 5. The second-order valence-corrected chi connectivity index (χ2v) is 4.77. The number of hydrogen-bond donors (Lipinski definition) is 5. The highest BCUT2D eigenvalue weighted by Gasteiger charge is 2.43. The zero-order chi connectivity index (χ0) is 17.2. The fourth-order valence-corrected chi connectivity index (χ4v) is 1.82. The highest BCUT2D eigenvalue weighted by Crippen LogP contribution is 2.22. The molecule has 126 valence electrons. The van der Waals surface area contributed by atoms with Crippen LogP contribution in [0.5, 0.6) is 0 Å². The van der Waals surface area contributed by atoms with Crippen LogP contribution in [0.2, 0.25) is 0 Å². The van der Waals surface area contributed by atoms with Crippen LogP contribution in [0.4, 0.5) is 0 Å². The van der Waals surface area contributed by atoms with Crippen molar-refractivity contribution in [1.29, 1.82) is 0 Å². The van der Waals surface area contributed by atoms with Crippen LogP contribution in [0, 0.1) is 35.5 Å². The van der Waals surface area contributed by atoms with Gasteiger partial charge in [0.15, 0.2) is 6.29 Å². The van der Waals surface area contributed by atoms with Gasteiger partial charge in [0.2, 0.25) is 0 Å². The molecule has 1 aliphatic rings. The summed E-state index contributed by atoms with van der Waals surface area (Å²) in [4.78, 5) is 0. The van der Waals surface area contributed by atoms with Crippen LogP contribution in [0.3, 0.4) is 0 Å². The zero-order valence-electron chi connectivity index (χ0n) is 12.6. The van der Waals surface area contributed by atoms with Gasteiger partial charge in [-0.05, 0) is 30.6 Å². The maximum absolute atomic E-state index is 9.75. The molecular weight excluding hydrogens is 304 g/mol. The molecule has 5 N–H and O–H groups in total. The van der Waals surface area contributed by atoms with Gasteiger partial charge in [-0.3, -0.25) is 0 Å². The van der Waals surface area contributed by atoms with Crippen LogP contribution in [-0.4, -0.2) is 75.6 Å². The molecule has 1 aliphatic heterocycles. The molecule has 1 heterocycles. The lowest BCUT2D eigenvalue weighted by Gasteiger charge is -2.39. The quantitative estimate of drug-likeness (QED) is 0.357. The summed E-state index contributed by atoms with van der Waals surface area (Å²) in [7, 11) is 0. The predicted octanol–water partition coefficient (Wildman–Crippen LogP) is -2.42. The number of ether oxygens (including phenoxy) is 2. The Hall–Kier alpha value is -1.60. The summed E-state index contributed by atoms with van der Waals surface area (Å²) in [6.45, 7) is 1.10. The molecule has 0 bridgehead atoms. The van der Waals surface area contributed by atoms with Gasteiger partial charge in [-0.2, -0.15) is 0 Å². The van der Waals surface area contributed by atoms with Gasteiger partial charge in [0.25, 0.3) is 0 Å². The van der Waals surface area contributed by atoms with E-state index < -0.39 is 43.4 Å². The Bertz CT molecular complexity index is 540. The summed E-state index contributed by atoms with van der Waals surface area (Å²) < 4.78 is 10.4. The largest absolute Gasteiger partial charge is 0.394 e. The standard InChI is InChI=1S/C16H20O7/c1-2-3-4-5-6-7-11(18)8-9-22-16-15(21)14(20)13(19)12(10-17)23-16/h11-21H,8-10H2,1H3. The fraction of sp³-hybridized carbons (Fsp3) is 0.625. The molecule has 0 saturated carbocycles. The molecule has 0 amide bonds. The van der Waals surface area contributed by atoms with E-state index >= 15 is 0 Å². The van der Waals surface area contributed by atoms with Gasteiger partial charge in [-0.25, -0.2) is 0 Å². The van der Waals surface area contributed by atoms with E-state index in [1.807, 2.05) is 0 Å². The topological polar surface area (TPSA) is 120 Å². The Morgan fingerprint density at radius 2 is 1.74 bits per heavy atom.